The molecule has 86 valence electrons. The van der Waals surface area contributed by atoms with Gasteiger partial charge in [0.05, 0.1) is 4.83 Å². The molecular formula is C13H16BrNO. The summed E-state index contributed by atoms with van der Waals surface area (Å²) in [5, 5.41) is 0. The maximum absolute atomic E-state index is 12.1. The largest absolute Gasteiger partial charge is 0.311 e. The van der Waals surface area contributed by atoms with Crippen LogP contribution in [0.4, 0.5) is 5.69 Å². The van der Waals surface area contributed by atoms with Gasteiger partial charge < -0.3 is 4.90 Å². The Bertz CT molecular complexity index is 396. The van der Waals surface area contributed by atoms with Crippen molar-refractivity contribution in [3.05, 3.63) is 29.3 Å². The second-order valence-electron chi connectivity index (χ2n) is 4.34. The van der Waals surface area contributed by atoms with Crippen molar-refractivity contribution in [2.45, 2.75) is 31.5 Å². The van der Waals surface area contributed by atoms with Gasteiger partial charge in [-0.25, -0.2) is 0 Å². The van der Waals surface area contributed by atoms with Gasteiger partial charge in [-0.05, 0) is 37.8 Å². The Balaban J connectivity index is 2.40. The minimum absolute atomic E-state index is 0.0137. The van der Waals surface area contributed by atoms with E-state index in [2.05, 4.69) is 41.9 Å². The molecule has 1 heterocycles. The van der Waals surface area contributed by atoms with E-state index < -0.39 is 0 Å². The molecule has 1 unspecified atom stereocenters. The molecule has 0 spiro atoms. The molecule has 2 rings (SSSR count). The number of halogens is 1. The Morgan fingerprint density at radius 3 is 2.56 bits per heavy atom. The summed E-state index contributed by atoms with van der Waals surface area (Å²) in [5.41, 5.74) is 3.45. The number of piperidine rings is 1. The molecule has 0 aliphatic carbocycles. The van der Waals surface area contributed by atoms with Gasteiger partial charge in [0.25, 0.3) is 0 Å². The number of carbonyl (C=O) groups excluding carboxylic acids is 1. The molecule has 1 aromatic rings. The predicted molar refractivity (Wildman–Crippen MR) is 70.2 cm³/mol. The first-order chi connectivity index (χ1) is 7.61. The van der Waals surface area contributed by atoms with Crippen molar-refractivity contribution < 1.29 is 4.79 Å². The summed E-state index contributed by atoms with van der Waals surface area (Å²) in [6, 6.07) is 6.16. The summed E-state index contributed by atoms with van der Waals surface area (Å²) in [7, 11) is 0. The Morgan fingerprint density at radius 2 is 1.94 bits per heavy atom. The summed E-state index contributed by atoms with van der Waals surface area (Å²) in [4.78, 5) is 14.0. The lowest BCUT2D eigenvalue weighted by molar-refractivity contribution is -0.118. The average Bonchev–Trinajstić information content (AvgIpc) is 2.24. The first kappa shape index (κ1) is 11.6. The van der Waals surface area contributed by atoms with Gasteiger partial charge in [-0.2, -0.15) is 0 Å². The van der Waals surface area contributed by atoms with Crippen molar-refractivity contribution in [1.29, 1.82) is 0 Å². The van der Waals surface area contributed by atoms with Crippen molar-refractivity contribution >= 4 is 27.5 Å². The first-order valence-electron chi connectivity index (χ1n) is 5.63. The van der Waals surface area contributed by atoms with Gasteiger partial charge in [-0.3, -0.25) is 4.79 Å². The SMILES string of the molecule is Cc1cccc(C)c1N1CCCC(Br)C1=O. The van der Waals surface area contributed by atoms with E-state index in [9.17, 15) is 4.79 Å². The average molecular weight is 282 g/mol. The zero-order valence-electron chi connectivity index (χ0n) is 9.66. The number of carbonyl (C=O) groups is 1. The topological polar surface area (TPSA) is 20.3 Å². The monoisotopic (exact) mass is 281 g/mol. The third-order valence-corrected chi connectivity index (χ3v) is 3.93. The van der Waals surface area contributed by atoms with Crippen molar-refractivity contribution in [1.82, 2.24) is 0 Å². The van der Waals surface area contributed by atoms with E-state index in [1.807, 2.05) is 11.0 Å². The second kappa shape index (κ2) is 4.58. The molecule has 2 nitrogen and oxygen atoms in total. The Morgan fingerprint density at radius 1 is 1.31 bits per heavy atom. The highest BCUT2D eigenvalue weighted by Crippen LogP contribution is 2.29. The molecule has 0 N–H and O–H groups in total. The lowest BCUT2D eigenvalue weighted by Gasteiger charge is -2.32. The van der Waals surface area contributed by atoms with Crippen molar-refractivity contribution in [2.75, 3.05) is 11.4 Å². The van der Waals surface area contributed by atoms with Gasteiger partial charge >= 0.3 is 0 Å². The fourth-order valence-electron chi connectivity index (χ4n) is 2.28. The van der Waals surface area contributed by atoms with Crippen LogP contribution < -0.4 is 4.90 Å². The van der Waals surface area contributed by atoms with Crippen LogP contribution in [0.1, 0.15) is 24.0 Å². The fourth-order valence-corrected chi connectivity index (χ4v) is 2.86. The molecule has 0 saturated carbocycles. The number of nitrogens with zero attached hydrogens (tertiary/aromatic N) is 1. The number of para-hydroxylation sites is 1. The lowest BCUT2D eigenvalue weighted by Crippen LogP contribution is -2.42. The molecule has 1 saturated heterocycles. The fraction of sp³-hybridized carbons (Fsp3) is 0.462. The molecule has 1 aromatic carbocycles. The van der Waals surface area contributed by atoms with E-state index in [-0.39, 0.29) is 10.7 Å². The number of benzene rings is 1. The zero-order valence-corrected chi connectivity index (χ0v) is 11.3. The molecule has 1 atom stereocenters. The van der Waals surface area contributed by atoms with Gasteiger partial charge in [0.2, 0.25) is 5.91 Å². The highest BCUT2D eigenvalue weighted by Gasteiger charge is 2.28. The predicted octanol–water partition coefficient (Wildman–Crippen LogP) is 3.19. The van der Waals surface area contributed by atoms with E-state index >= 15 is 0 Å². The van der Waals surface area contributed by atoms with E-state index in [1.165, 1.54) is 11.1 Å². The van der Waals surface area contributed by atoms with Gasteiger partial charge in [-0.15, -0.1) is 0 Å². The molecule has 1 amide bonds. The molecule has 1 aliphatic heterocycles. The van der Waals surface area contributed by atoms with Crippen LogP contribution >= 0.6 is 15.9 Å². The zero-order chi connectivity index (χ0) is 11.7. The number of amides is 1. The highest BCUT2D eigenvalue weighted by molar-refractivity contribution is 9.10. The lowest BCUT2D eigenvalue weighted by atomic mass is 10.0. The van der Waals surface area contributed by atoms with Crippen LogP contribution in [-0.2, 0) is 4.79 Å². The molecule has 0 radical (unpaired) electrons. The summed E-state index contributed by atoms with van der Waals surface area (Å²) in [6.45, 7) is 4.97. The molecule has 16 heavy (non-hydrogen) atoms. The molecule has 0 aromatic heterocycles. The maximum Gasteiger partial charge on any atom is 0.240 e. The van der Waals surface area contributed by atoms with E-state index in [0.717, 1.165) is 25.1 Å². The number of aryl methyl sites for hydroxylation is 2. The van der Waals surface area contributed by atoms with Crippen LogP contribution in [0, 0.1) is 13.8 Å². The van der Waals surface area contributed by atoms with E-state index in [1.54, 1.807) is 0 Å². The van der Waals surface area contributed by atoms with Crippen LogP contribution in [0.15, 0.2) is 18.2 Å². The van der Waals surface area contributed by atoms with Gasteiger partial charge in [-0.1, -0.05) is 34.1 Å². The van der Waals surface area contributed by atoms with Gasteiger partial charge in [0, 0.05) is 12.2 Å². The van der Waals surface area contributed by atoms with Gasteiger partial charge in [0.1, 0.15) is 0 Å². The summed E-state index contributed by atoms with van der Waals surface area (Å²) < 4.78 is 0. The number of hydrogen-bond acceptors (Lipinski definition) is 1. The van der Waals surface area contributed by atoms with E-state index in [0.29, 0.717) is 0 Å². The number of alkyl halides is 1. The smallest absolute Gasteiger partial charge is 0.240 e. The van der Waals surface area contributed by atoms with Crippen molar-refractivity contribution in [3.8, 4) is 0 Å². The van der Waals surface area contributed by atoms with E-state index in [4.69, 9.17) is 0 Å². The van der Waals surface area contributed by atoms with Crippen LogP contribution in [0.5, 0.6) is 0 Å². The second-order valence-corrected chi connectivity index (χ2v) is 5.45. The highest BCUT2D eigenvalue weighted by atomic mass is 79.9. The van der Waals surface area contributed by atoms with Crippen LogP contribution in [0.25, 0.3) is 0 Å². The summed E-state index contributed by atoms with van der Waals surface area (Å²) in [5.74, 6) is 0.198. The minimum Gasteiger partial charge on any atom is -0.311 e. The summed E-state index contributed by atoms with van der Waals surface area (Å²) in [6.07, 6.45) is 2.01. The normalized spacial score (nSPS) is 21.3. The minimum atomic E-state index is -0.0137. The molecule has 1 fully saturated rings. The van der Waals surface area contributed by atoms with Crippen LogP contribution in [-0.4, -0.2) is 17.3 Å². The van der Waals surface area contributed by atoms with Crippen molar-refractivity contribution in [3.63, 3.8) is 0 Å². The van der Waals surface area contributed by atoms with Gasteiger partial charge in [0.15, 0.2) is 0 Å². The molecule has 0 bridgehead atoms. The number of rotatable bonds is 1. The number of hydrogen-bond donors (Lipinski definition) is 0. The first-order valence-corrected chi connectivity index (χ1v) is 6.54. The third kappa shape index (κ3) is 2.01. The molecule has 1 aliphatic rings. The molecule has 3 heteroatoms. The quantitative estimate of drug-likeness (QED) is 0.724. The van der Waals surface area contributed by atoms with Crippen molar-refractivity contribution in [2.24, 2.45) is 0 Å². The van der Waals surface area contributed by atoms with Crippen LogP contribution in [0.2, 0.25) is 0 Å². The summed E-state index contributed by atoms with van der Waals surface area (Å²) >= 11 is 3.45. The third-order valence-electron chi connectivity index (χ3n) is 3.08. The Labute approximate surface area is 105 Å². The number of anilines is 1. The Kier molecular flexibility index (Phi) is 3.33. The Hall–Kier alpha value is -0.830. The maximum atomic E-state index is 12.1. The molecular weight excluding hydrogens is 266 g/mol. The van der Waals surface area contributed by atoms with Crippen LogP contribution in [0.3, 0.4) is 0 Å². The standard InChI is InChI=1S/C13H16BrNO/c1-9-5-3-6-10(2)12(9)15-8-4-7-11(14)13(15)16/h3,5-6,11H,4,7-8H2,1-2H3.